The van der Waals surface area contributed by atoms with E-state index in [0.717, 1.165) is 0 Å². The van der Waals surface area contributed by atoms with Gasteiger partial charge in [0.05, 0.1) is 30.6 Å². The number of nitrogens with zero attached hydrogens (tertiary/aromatic N) is 2. The van der Waals surface area contributed by atoms with Crippen LogP contribution in [-0.2, 0) is 11.3 Å². The first-order valence-corrected chi connectivity index (χ1v) is 5.90. The Balaban J connectivity index is 2.08. The minimum atomic E-state index is -0.408. The van der Waals surface area contributed by atoms with Gasteiger partial charge in [-0.2, -0.15) is 5.10 Å². The van der Waals surface area contributed by atoms with Gasteiger partial charge in [-0.05, 0) is 18.2 Å². The molecule has 1 heterocycles. The summed E-state index contributed by atoms with van der Waals surface area (Å²) in [5.41, 5.74) is 7.43. The lowest BCUT2D eigenvalue weighted by Gasteiger charge is -2.13. The minimum absolute atomic E-state index is 0.408. The summed E-state index contributed by atoms with van der Waals surface area (Å²) < 4.78 is 6.53. The number of carbonyl (C=O) groups is 1. The number of nitrogens with one attached hydrogen (secondary N) is 1. The molecule has 6 heteroatoms. The van der Waals surface area contributed by atoms with Crippen LogP contribution in [0.5, 0.6) is 0 Å². The van der Waals surface area contributed by atoms with Crippen LogP contribution in [0.15, 0.2) is 36.7 Å². The molecule has 0 aliphatic heterocycles. The van der Waals surface area contributed by atoms with Crippen LogP contribution in [0.2, 0.25) is 0 Å². The van der Waals surface area contributed by atoms with Gasteiger partial charge in [0.1, 0.15) is 0 Å². The molecule has 100 valence electrons. The lowest BCUT2D eigenvalue weighted by molar-refractivity contribution is 0.0602. The van der Waals surface area contributed by atoms with Crippen molar-refractivity contribution in [2.75, 3.05) is 24.7 Å². The molecule has 3 N–H and O–H groups in total. The van der Waals surface area contributed by atoms with Crippen molar-refractivity contribution in [1.29, 1.82) is 0 Å². The van der Waals surface area contributed by atoms with E-state index in [2.05, 4.69) is 10.4 Å². The van der Waals surface area contributed by atoms with Gasteiger partial charge in [-0.1, -0.05) is 6.07 Å². The molecule has 0 spiro atoms. The largest absolute Gasteiger partial charge is 0.465 e. The molecule has 19 heavy (non-hydrogen) atoms. The maximum Gasteiger partial charge on any atom is 0.340 e. The maximum atomic E-state index is 11.6. The summed E-state index contributed by atoms with van der Waals surface area (Å²) in [5.74, 6) is -0.408. The predicted molar refractivity (Wildman–Crippen MR) is 72.9 cm³/mol. The Morgan fingerprint density at radius 2 is 2.32 bits per heavy atom. The van der Waals surface area contributed by atoms with Crippen LogP contribution < -0.4 is 11.1 Å². The second kappa shape index (κ2) is 5.90. The Labute approximate surface area is 111 Å². The number of carbonyl (C=O) groups excluding carboxylic acids is 1. The lowest BCUT2D eigenvalue weighted by Crippen LogP contribution is -2.15. The van der Waals surface area contributed by atoms with Gasteiger partial charge >= 0.3 is 5.97 Å². The van der Waals surface area contributed by atoms with Crippen molar-refractivity contribution in [3.63, 3.8) is 0 Å². The number of anilines is 2. The molecule has 1 aromatic heterocycles. The zero-order valence-electron chi connectivity index (χ0n) is 10.7. The van der Waals surface area contributed by atoms with E-state index in [0.29, 0.717) is 30.0 Å². The highest BCUT2D eigenvalue weighted by Crippen LogP contribution is 2.23. The molecule has 0 atom stereocenters. The molecule has 2 rings (SSSR count). The van der Waals surface area contributed by atoms with Crippen molar-refractivity contribution < 1.29 is 9.53 Å². The van der Waals surface area contributed by atoms with Gasteiger partial charge in [-0.15, -0.1) is 0 Å². The molecule has 0 aliphatic carbocycles. The summed E-state index contributed by atoms with van der Waals surface area (Å²) in [6.07, 6.45) is 3.59. The Hall–Kier alpha value is -2.50. The fraction of sp³-hybridized carbons (Fsp3) is 0.231. The second-order valence-electron chi connectivity index (χ2n) is 3.96. The Morgan fingerprint density at radius 1 is 1.47 bits per heavy atom. The van der Waals surface area contributed by atoms with Crippen LogP contribution in [0.3, 0.4) is 0 Å². The van der Waals surface area contributed by atoms with E-state index in [9.17, 15) is 4.79 Å². The summed E-state index contributed by atoms with van der Waals surface area (Å²) in [4.78, 5) is 11.6. The molecule has 0 bridgehead atoms. The maximum absolute atomic E-state index is 11.6. The SMILES string of the molecule is COC(=O)c1cccc(N)c1NCCn1cccn1. The average Bonchev–Trinajstić information content (AvgIpc) is 2.93. The predicted octanol–water partition coefficient (Wildman–Crippen LogP) is 1.36. The first kappa shape index (κ1) is 12.9. The van der Waals surface area contributed by atoms with Gasteiger partial charge in [0.25, 0.3) is 0 Å². The summed E-state index contributed by atoms with van der Waals surface area (Å²) in [5, 5.41) is 7.25. The molecule has 2 aromatic rings. The molecule has 0 unspecified atom stereocenters. The van der Waals surface area contributed by atoms with Crippen molar-refractivity contribution in [1.82, 2.24) is 9.78 Å². The van der Waals surface area contributed by atoms with Gasteiger partial charge in [-0.3, -0.25) is 4.68 Å². The van der Waals surface area contributed by atoms with Crippen molar-refractivity contribution >= 4 is 17.3 Å². The molecular formula is C13H16N4O2. The third-order valence-corrected chi connectivity index (χ3v) is 2.70. The monoisotopic (exact) mass is 260 g/mol. The van der Waals surface area contributed by atoms with Gasteiger partial charge in [0, 0.05) is 18.9 Å². The van der Waals surface area contributed by atoms with Crippen molar-refractivity contribution in [3.05, 3.63) is 42.2 Å². The molecule has 0 radical (unpaired) electrons. The van der Waals surface area contributed by atoms with Crippen LogP contribution in [0, 0.1) is 0 Å². The zero-order valence-corrected chi connectivity index (χ0v) is 10.7. The molecule has 0 aliphatic rings. The quantitative estimate of drug-likeness (QED) is 0.626. The third kappa shape index (κ3) is 3.04. The summed E-state index contributed by atoms with van der Waals surface area (Å²) >= 11 is 0. The standard InChI is InChI=1S/C13H16N4O2/c1-19-13(18)10-4-2-5-11(14)12(10)15-7-9-17-8-3-6-16-17/h2-6,8,15H,7,9,14H2,1H3. The third-order valence-electron chi connectivity index (χ3n) is 2.70. The molecule has 6 nitrogen and oxygen atoms in total. The van der Waals surface area contributed by atoms with Crippen molar-refractivity contribution in [3.8, 4) is 0 Å². The van der Waals surface area contributed by atoms with Gasteiger partial charge in [-0.25, -0.2) is 4.79 Å². The Bertz CT molecular complexity index is 552. The topological polar surface area (TPSA) is 82.2 Å². The number of aromatic nitrogens is 2. The number of esters is 1. The van der Waals surface area contributed by atoms with E-state index in [1.165, 1.54) is 7.11 Å². The molecule has 0 saturated heterocycles. The number of nitrogen functional groups attached to an aromatic ring is 1. The molecule has 0 amide bonds. The number of ether oxygens (including phenoxy) is 1. The van der Waals surface area contributed by atoms with E-state index in [1.54, 1.807) is 29.1 Å². The van der Waals surface area contributed by atoms with E-state index in [1.807, 2.05) is 12.3 Å². The first-order valence-electron chi connectivity index (χ1n) is 5.90. The van der Waals surface area contributed by atoms with Gasteiger partial charge < -0.3 is 15.8 Å². The number of hydrogen-bond acceptors (Lipinski definition) is 5. The lowest BCUT2D eigenvalue weighted by atomic mass is 10.1. The highest BCUT2D eigenvalue weighted by molar-refractivity contribution is 5.98. The van der Waals surface area contributed by atoms with Crippen LogP contribution in [-0.4, -0.2) is 29.4 Å². The number of rotatable bonds is 5. The zero-order chi connectivity index (χ0) is 13.7. The van der Waals surface area contributed by atoms with E-state index in [-0.39, 0.29) is 0 Å². The van der Waals surface area contributed by atoms with Crippen molar-refractivity contribution in [2.45, 2.75) is 6.54 Å². The van der Waals surface area contributed by atoms with Crippen LogP contribution in [0.1, 0.15) is 10.4 Å². The number of benzene rings is 1. The van der Waals surface area contributed by atoms with Crippen molar-refractivity contribution in [2.24, 2.45) is 0 Å². The summed E-state index contributed by atoms with van der Waals surface area (Å²) in [6, 6.07) is 7.00. The van der Waals surface area contributed by atoms with E-state index >= 15 is 0 Å². The smallest absolute Gasteiger partial charge is 0.340 e. The van der Waals surface area contributed by atoms with E-state index in [4.69, 9.17) is 10.5 Å². The molecular weight excluding hydrogens is 244 g/mol. The van der Waals surface area contributed by atoms with Crippen LogP contribution in [0.4, 0.5) is 11.4 Å². The average molecular weight is 260 g/mol. The van der Waals surface area contributed by atoms with Gasteiger partial charge in [0.2, 0.25) is 0 Å². The van der Waals surface area contributed by atoms with E-state index < -0.39 is 5.97 Å². The number of hydrogen-bond donors (Lipinski definition) is 2. The van der Waals surface area contributed by atoms with Crippen LogP contribution in [0.25, 0.3) is 0 Å². The summed E-state index contributed by atoms with van der Waals surface area (Å²) in [7, 11) is 1.35. The Morgan fingerprint density at radius 3 is 3.00 bits per heavy atom. The van der Waals surface area contributed by atoms with Crippen LogP contribution >= 0.6 is 0 Å². The Kier molecular flexibility index (Phi) is 4.02. The van der Waals surface area contributed by atoms with Gasteiger partial charge in [0.15, 0.2) is 0 Å². The summed E-state index contributed by atoms with van der Waals surface area (Å²) in [6.45, 7) is 1.29. The normalized spacial score (nSPS) is 10.2. The molecule has 0 fully saturated rings. The number of para-hydroxylation sites is 1. The fourth-order valence-corrected chi connectivity index (χ4v) is 1.78. The fourth-order valence-electron chi connectivity index (χ4n) is 1.78. The second-order valence-corrected chi connectivity index (χ2v) is 3.96. The molecule has 1 aromatic carbocycles. The molecule has 0 saturated carbocycles. The number of nitrogens with two attached hydrogens (primary N) is 1. The first-order chi connectivity index (χ1) is 9.22. The highest BCUT2D eigenvalue weighted by atomic mass is 16.5. The highest BCUT2D eigenvalue weighted by Gasteiger charge is 2.13. The number of methoxy groups -OCH3 is 1. The minimum Gasteiger partial charge on any atom is -0.465 e.